The molecular formula is C13H16F3N3OS. The summed E-state index contributed by atoms with van der Waals surface area (Å²) in [5.74, 6) is 1.30. The summed E-state index contributed by atoms with van der Waals surface area (Å²) in [6.07, 6.45) is -4.55. The van der Waals surface area contributed by atoms with E-state index in [1.807, 2.05) is 23.6 Å². The molecule has 0 bridgehead atoms. The Hall–Kier alpha value is -1.57. The number of amidine groups is 1. The molecule has 1 saturated heterocycles. The third-order valence-electron chi connectivity index (χ3n) is 3.39. The van der Waals surface area contributed by atoms with Gasteiger partial charge in [0.25, 0.3) is 0 Å². The van der Waals surface area contributed by atoms with Crippen LogP contribution in [0.3, 0.4) is 0 Å². The topological polar surface area (TPSA) is 61.8 Å². The van der Waals surface area contributed by atoms with E-state index in [4.69, 9.17) is 10.9 Å². The van der Waals surface area contributed by atoms with Crippen LogP contribution in [0.25, 0.3) is 0 Å². The summed E-state index contributed by atoms with van der Waals surface area (Å²) >= 11 is 1.81. The summed E-state index contributed by atoms with van der Waals surface area (Å²) in [7, 11) is 0. The lowest BCUT2D eigenvalue weighted by molar-refractivity contribution is -0.137. The molecule has 2 rings (SSSR count). The quantitative estimate of drug-likeness (QED) is 0.381. The van der Waals surface area contributed by atoms with Crippen LogP contribution in [0, 0.1) is 0 Å². The van der Waals surface area contributed by atoms with E-state index in [0.29, 0.717) is 5.69 Å². The SMILES string of the molecule is CC1CSCCN1c1ccc(C(F)(F)F)c(/C(N)=N/O)c1. The summed E-state index contributed by atoms with van der Waals surface area (Å²) in [6, 6.07) is 3.98. The molecule has 116 valence electrons. The zero-order valence-electron chi connectivity index (χ0n) is 11.4. The maximum Gasteiger partial charge on any atom is 0.417 e. The molecule has 0 aliphatic carbocycles. The molecule has 21 heavy (non-hydrogen) atoms. The van der Waals surface area contributed by atoms with E-state index < -0.39 is 17.6 Å². The van der Waals surface area contributed by atoms with Gasteiger partial charge in [-0.05, 0) is 25.1 Å². The Balaban J connectivity index is 2.46. The molecule has 1 aliphatic heterocycles. The van der Waals surface area contributed by atoms with Crippen molar-refractivity contribution in [1.29, 1.82) is 0 Å². The van der Waals surface area contributed by atoms with E-state index in [-0.39, 0.29) is 11.6 Å². The zero-order valence-corrected chi connectivity index (χ0v) is 12.2. The molecule has 1 aromatic rings. The Labute approximate surface area is 124 Å². The average molecular weight is 319 g/mol. The minimum Gasteiger partial charge on any atom is -0.409 e. The van der Waals surface area contributed by atoms with Crippen LogP contribution in [0.4, 0.5) is 18.9 Å². The maximum absolute atomic E-state index is 13.0. The van der Waals surface area contributed by atoms with Crippen LogP contribution in [0.2, 0.25) is 0 Å². The van der Waals surface area contributed by atoms with Crippen LogP contribution in [0.15, 0.2) is 23.4 Å². The first-order chi connectivity index (χ1) is 9.84. The first kappa shape index (κ1) is 15.8. The molecule has 4 nitrogen and oxygen atoms in total. The van der Waals surface area contributed by atoms with Gasteiger partial charge in [-0.3, -0.25) is 0 Å². The summed E-state index contributed by atoms with van der Waals surface area (Å²) in [5, 5.41) is 11.4. The van der Waals surface area contributed by atoms with Crippen molar-refractivity contribution in [1.82, 2.24) is 0 Å². The number of thioether (sulfide) groups is 1. The third kappa shape index (κ3) is 3.37. The monoisotopic (exact) mass is 319 g/mol. The van der Waals surface area contributed by atoms with E-state index in [9.17, 15) is 13.2 Å². The second kappa shape index (κ2) is 6.05. The van der Waals surface area contributed by atoms with Crippen molar-refractivity contribution < 1.29 is 18.4 Å². The van der Waals surface area contributed by atoms with Crippen molar-refractivity contribution >= 4 is 23.3 Å². The van der Waals surface area contributed by atoms with Gasteiger partial charge in [0.2, 0.25) is 0 Å². The predicted octanol–water partition coefficient (Wildman–Crippen LogP) is 2.74. The normalized spacial score (nSPS) is 20.7. The predicted molar refractivity (Wildman–Crippen MR) is 78.1 cm³/mol. The number of halogens is 3. The molecule has 1 aliphatic rings. The zero-order chi connectivity index (χ0) is 15.6. The number of anilines is 1. The highest BCUT2D eigenvalue weighted by Crippen LogP contribution is 2.35. The van der Waals surface area contributed by atoms with Gasteiger partial charge in [-0.1, -0.05) is 5.16 Å². The van der Waals surface area contributed by atoms with Crippen LogP contribution >= 0.6 is 11.8 Å². The number of hydrogen-bond donors (Lipinski definition) is 2. The number of oxime groups is 1. The Morgan fingerprint density at radius 2 is 2.19 bits per heavy atom. The van der Waals surface area contributed by atoms with Gasteiger partial charge in [0.05, 0.1) is 5.56 Å². The fraction of sp³-hybridized carbons (Fsp3) is 0.462. The molecule has 0 amide bonds. The van der Waals surface area contributed by atoms with Gasteiger partial charge in [0.15, 0.2) is 5.84 Å². The molecule has 1 atom stereocenters. The van der Waals surface area contributed by atoms with Gasteiger partial charge < -0.3 is 15.8 Å². The number of nitrogens with zero attached hydrogens (tertiary/aromatic N) is 2. The number of nitrogens with two attached hydrogens (primary N) is 1. The van der Waals surface area contributed by atoms with E-state index in [1.54, 1.807) is 0 Å². The molecule has 1 unspecified atom stereocenters. The number of alkyl halides is 3. The molecule has 1 fully saturated rings. The van der Waals surface area contributed by atoms with Crippen molar-refractivity contribution in [3.63, 3.8) is 0 Å². The Morgan fingerprint density at radius 1 is 1.48 bits per heavy atom. The lowest BCUT2D eigenvalue weighted by Gasteiger charge is -2.35. The average Bonchev–Trinajstić information content (AvgIpc) is 2.45. The van der Waals surface area contributed by atoms with Crippen LogP contribution < -0.4 is 10.6 Å². The van der Waals surface area contributed by atoms with Crippen molar-refractivity contribution in [3.05, 3.63) is 29.3 Å². The van der Waals surface area contributed by atoms with E-state index in [2.05, 4.69) is 5.16 Å². The van der Waals surface area contributed by atoms with Gasteiger partial charge in [-0.15, -0.1) is 0 Å². The molecule has 0 radical (unpaired) electrons. The second-order valence-corrected chi connectivity index (χ2v) is 5.98. The molecular weight excluding hydrogens is 303 g/mol. The molecule has 8 heteroatoms. The lowest BCUT2D eigenvalue weighted by atomic mass is 10.0. The van der Waals surface area contributed by atoms with Gasteiger partial charge in [0.1, 0.15) is 0 Å². The van der Waals surface area contributed by atoms with Crippen molar-refractivity contribution in [2.24, 2.45) is 10.9 Å². The third-order valence-corrected chi connectivity index (χ3v) is 4.58. The fourth-order valence-corrected chi connectivity index (χ4v) is 3.35. The molecule has 0 aromatic heterocycles. The summed E-state index contributed by atoms with van der Waals surface area (Å²) in [4.78, 5) is 2.03. The largest absolute Gasteiger partial charge is 0.417 e. The lowest BCUT2D eigenvalue weighted by Crippen LogP contribution is -2.40. The standard InChI is InChI=1S/C13H16F3N3OS/c1-8-7-21-5-4-19(8)9-2-3-11(13(14,15)16)10(6-9)12(17)18-20/h2-3,6,8,20H,4-5,7H2,1H3,(H2,17,18). The molecule has 1 heterocycles. The van der Waals surface area contributed by atoms with Crippen LogP contribution in [0.1, 0.15) is 18.1 Å². The minimum atomic E-state index is -4.55. The highest BCUT2D eigenvalue weighted by Gasteiger charge is 2.35. The van der Waals surface area contributed by atoms with Gasteiger partial charge in [-0.25, -0.2) is 0 Å². The fourth-order valence-electron chi connectivity index (χ4n) is 2.33. The minimum absolute atomic E-state index is 0.223. The highest BCUT2D eigenvalue weighted by atomic mass is 32.2. The van der Waals surface area contributed by atoms with Crippen molar-refractivity contribution in [2.45, 2.75) is 19.1 Å². The first-order valence-corrected chi connectivity index (χ1v) is 7.53. The van der Waals surface area contributed by atoms with Gasteiger partial charge >= 0.3 is 6.18 Å². The maximum atomic E-state index is 13.0. The first-order valence-electron chi connectivity index (χ1n) is 6.38. The highest BCUT2D eigenvalue weighted by molar-refractivity contribution is 7.99. The van der Waals surface area contributed by atoms with Crippen molar-refractivity contribution in [2.75, 3.05) is 23.0 Å². The summed E-state index contributed by atoms with van der Waals surface area (Å²) < 4.78 is 39.0. The van der Waals surface area contributed by atoms with E-state index in [1.165, 1.54) is 12.1 Å². The van der Waals surface area contributed by atoms with E-state index in [0.717, 1.165) is 24.1 Å². The Morgan fingerprint density at radius 3 is 2.76 bits per heavy atom. The molecule has 1 aromatic carbocycles. The van der Waals surface area contributed by atoms with Crippen LogP contribution in [-0.2, 0) is 6.18 Å². The number of benzene rings is 1. The van der Waals surface area contributed by atoms with Gasteiger partial charge in [0, 0.05) is 35.3 Å². The molecule has 3 N–H and O–H groups in total. The van der Waals surface area contributed by atoms with Gasteiger partial charge in [-0.2, -0.15) is 24.9 Å². The Bertz CT molecular complexity index is 548. The second-order valence-electron chi connectivity index (χ2n) is 4.83. The van der Waals surface area contributed by atoms with Crippen LogP contribution in [-0.4, -0.2) is 35.1 Å². The number of hydrogen-bond acceptors (Lipinski definition) is 4. The van der Waals surface area contributed by atoms with E-state index >= 15 is 0 Å². The number of rotatable bonds is 2. The summed E-state index contributed by atoms with van der Waals surface area (Å²) in [6.45, 7) is 2.78. The molecule has 0 saturated carbocycles. The smallest absolute Gasteiger partial charge is 0.409 e. The Kier molecular flexibility index (Phi) is 4.55. The van der Waals surface area contributed by atoms with Crippen LogP contribution in [0.5, 0.6) is 0 Å². The van der Waals surface area contributed by atoms with Crippen molar-refractivity contribution in [3.8, 4) is 0 Å². The summed E-state index contributed by atoms with van der Waals surface area (Å²) in [5.41, 5.74) is 4.85. The molecule has 0 spiro atoms.